The Labute approximate surface area is 215 Å². The normalized spacial score (nSPS) is 22.6. The summed E-state index contributed by atoms with van der Waals surface area (Å²) in [6, 6.07) is 18.0. The molecular weight excluding hydrogens is 477 g/mol. The smallest absolute Gasteiger partial charge is 0.415 e. The van der Waals surface area contributed by atoms with Crippen molar-refractivity contribution in [1.29, 1.82) is 0 Å². The lowest BCUT2D eigenvalue weighted by molar-refractivity contribution is -0.946. The molecule has 3 aliphatic rings. The second-order valence-electron chi connectivity index (χ2n) is 10.5. The van der Waals surface area contributed by atoms with Crippen LogP contribution in [0.1, 0.15) is 29.5 Å². The molecule has 0 unspecified atom stereocenters. The zero-order valence-corrected chi connectivity index (χ0v) is 21.0. The fourth-order valence-electron chi connectivity index (χ4n) is 5.80. The summed E-state index contributed by atoms with van der Waals surface area (Å²) in [5.41, 5.74) is 2.80. The Morgan fingerprint density at radius 3 is 2.46 bits per heavy atom. The van der Waals surface area contributed by atoms with Crippen LogP contribution >= 0.6 is 0 Å². The molecule has 3 heterocycles. The Morgan fingerprint density at radius 2 is 1.73 bits per heavy atom. The van der Waals surface area contributed by atoms with E-state index in [0.29, 0.717) is 35.7 Å². The van der Waals surface area contributed by atoms with E-state index < -0.39 is 17.7 Å². The summed E-state index contributed by atoms with van der Waals surface area (Å²) in [5, 5.41) is 0. The van der Waals surface area contributed by atoms with Gasteiger partial charge in [-0.1, -0.05) is 36.4 Å². The van der Waals surface area contributed by atoms with Crippen LogP contribution < -0.4 is 4.90 Å². The third kappa shape index (κ3) is 5.67. The number of rotatable bonds is 7. The monoisotopic (exact) mass is 509 g/mol. The van der Waals surface area contributed by atoms with Gasteiger partial charge in [-0.15, -0.1) is 0 Å². The number of nitrogens with zero attached hydrogens (tertiary/aromatic N) is 2. The highest BCUT2D eigenvalue weighted by atomic mass is 19.2. The number of amides is 1. The van der Waals surface area contributed by atoms with Crippen LogP contribution in [-0.2, 0) is 17.7 Å². The zero-order valence-electron chi connectivity index (χ0n) is 21.0. The molecule has 3 aromatic carbocycles. The van der Waals surface area contributed by atoms with Crippen molar-refractivity contribution >= 4 is 11.8 Å². The highest BCUT2D eigenvalue weighted by molar-refractivity contribution is 5.87. The maximum absolute atomic E-state index is 14.2. The molecule has 0 spiro atoms. The summed E-state index contributed by atoms with van der Waals surface area (Å²) in [5.74, 6) is -1.76. The van der Waals surface area contributed by atoms with Crippen LogP contribution in [0.25, 0.3) is 0 Å². The standard InChI is InChI=1S/C30H32F3N2O2/c1-21-5-4-7-25(17-21)34(19-22-9-10-27(32)28(33)18-22)30(36)37-29-20-35(15-12-24(29)13-16-35)14-11-23-6-2-3-8-26(23)31/h2-10,17-18,24,29H,11-16,19-20H2,1H3/q+1/t24?,29-,35?/m0/s1. The van der Waals surface area contributed by atoms with Crippen LogP contribution in [-0.4, -0.2) is 42.9 Å². The minimum atomic E-state index is -0.950. The first-order valence-corrected chi connectivity index (χ1v) is 12.9. The number of fused-ring (bicyclic) bond motifs is 3. The number of benzene rings is 3. The maximum Gasteiger partial charge on any atom is 0.415 e. The molecule has 3 aromatic rings. The fourth-order valence-corrected chi connectivity index (χ4v) is 5.80. The van der Waals surface area contributed by atoms with Gasteiger partial charge in [0.1, 0.15) is 12.4 Å². The average molecular weight is 510 g/mol. The number of anilines is 1. The summed E-state index contributed by atoms with van der Waals surface area (Å²) in [4.78, 5) is 15.1. The second kappa shape index (κ2) is 10.6. The number of hydrogen-bond donors (Lipinski definition) is 0. The number of aryl methyl sites for hydroxylation is 1. The predicted octanol–water partition coefficient (Wildman–Crippen LogP) is 6.41. The summed E-state index contributed by atoms with van der Waals surface area (Å²) in [7, 11) is 0. The molecule has 4 nitrogen and oxygen atoms in total. The maximum atomic E-state index is 14.2. The Bertz CT molecular complexity index is 1270. The van der Waals surface area contributed by atoms with Gasteiger partial charge >= 0.3 is 6.09 Å². The SMILES string of the molecule is Cc1cccc(N(Cc2ccc(F)c(F)c2)C(=O)O[C@H]2C[N+]3(CCc4ccccc4F)CCC2CC3)c1. The van der Waals surface area contributed by atoms with Gasteiger partial charge in [-0.05, 0) is 53.9 Å². The number of carbonyl (C=O) groups is 1. The van der Waals surface area contributed by atoms with E-state index >= 15 is 0 Å². The van der Waals surface area contributed by atoms with Crippen molar-refractivity contribution in [2.75, 3.05) is 31.1 Å². The van der Waals surface area contributed by atoms with Gasteiger partial charge in [-0.3, -0.25) is 4.90 Å². The molecule has 37 heavy (non-hydrogen) atoms. The fraction of sp³-hybridized carbons (Fsp3) is 0.367. The minimum absolute atomic E-state index is 0.0597. The summed E-state index contributed by atoms with van der Waals surface area (Å²) in [6.45, 7) is 5.51. The topological polar surface area (TPSA) is 29.5 Å². The quantitative estimate of drug-likeness (QED) is 0.345. The third-order valence-electron chi connectivity index (χ3n) is 7.97. The first kappa shape index (κ1) is 25.3. The first-order chi connectivity index (χ1) is 17.8. The van der Waals surface area contributed by atoms with Gasteiger partial charge in [0.05, 0.1) is 26.2 Å². The molecule has 3 fully saturated rings. The highest BCUT2D eigenvalue weighted by Gasteiger charge is 2.47. The Morgan fingerprint density at radius 1 is 0.946 bits per heavy atom. The number of piperidine rings is 3. The van der Waals surface area contributed by atoms with Crippen LogP contribution in [0, 0.1) is 30.3 Å². The Hall–Kier alpha value is -3.32. The van der Waals surface area contributed by atoms with Crippen molar-refractivity contribution in [1.82, 2.24) is 0 Å². The Balaban J connectivity index is 1.32. The molecule has 6 rings (SSSR count). The molecule has 3 aliphatic heterocycles. The van der Waals surface area contributed by atoms with Gasteiger partial charge < -0.3 is 9.22 Å². The Kier molecular flexibility index (Phi) is 7.24. The van der Waals surface area contributed by atoms with Crippen molar-refractivity contribution in [3.8, 4) is 0 Å². The lowest BCUT2D eigenvalue weighted by Gasteiger charge is -2.52. The van der Waals surface area contributed by atoms with Crippen LogP contribution in [0.5, 0.6) is 0 Å². The van der Waals surface area contributed by atoms with Gasteiger partial charge in [0.25, 0.3) is 0 Å². The van der Waals surface area contributed by atoms with E-state index in [1.807, 2.05) is 43.3 Å². The van der Waals surface area contributed by atoms with Gasteiger partial charge in [0.15, 0.2) is 17.7 Å². The zero-order chi connectivity index (χ0) is 26.0. The van der Waals surface area contributed by atoms with E-state index in [0.717, 1.165) is 54.7 Å². The lowest BCUT2D eigenvalue weighted by Crippen LogP contribution is -2.65. The molecule has 7 heteroatoms. The van der Waals surface area contributed by atoms with Crippen molar-refractivity contribution < 1.29 is 27.2 Å². The van der Waals surface area contributed by atoms with Crippen molar-refractivity contribution in [2.45, 2.75) is 38.8 Å². The van der Waals surface area contributed by atoms with E-state index in [9.17, 15) is 18.0 Å². The predicted molar refractivity (Wildman–Crippen MR) is 137 cm³/mol. The molecular formula is C30H32F3N2O2+. The van der Waals surface area contributed by atoms with Crippen LogP contribution in [0.2, 0.25) is 0 Å². The molecule has 2 bridgehead atoms. The summed E-state index contributed by atoms with van der Waals surface area (Å²) >= 11 is 0. The molecule has 0 aliphatic carbocycles. The van der Waals surface area contributed by atoms with E-state index in [4.69, 9.17) is 4.74 Å². The summed E-state index contributed by atoms with van der Waals surface area (Å²) in [6.07, 6.45) is 1.82. The van der Waals surface area contributed by atoms with Gasteiger partial charge in [-0.25, -0.2) is 18.0 Å². The highest BCUT2D eigenvalue weighted by Crippen LogP contribution is 2.36. The third-order valence-corrected chi connectivity index (χ3v) is 7.97. The molecule has 194 valence electrons. The van der Waals surface area contributed by atoms with E-state index in [1.165, 1.54) is 17.0 Å². The number of halogens is 3. The number of carbonyl (C=O) groups excluding carboxylic acids is 1. The van der Waals surface area contributed by atoms with Crippen LogP contribution in [0.4, 0.5) is 23.7 Å². The summed E-state index contributed by atoms with van der Waals surface area (Å²) < 4.78 is 48.6. The number of quaternary nitrogens is 1. The number of ether oxygens (including phenoxy) is 1. The van der Waals surface area contributed by atoms with Gasteiger partial charge in [0.2, 0.25) is 0 Å². The molecule has 0 saturated carbocycles. The molecule has 0 aromatic heterocycles. The van der Waals surface area contributed by atoms with Crippen LogP contribution in [0.15, 0.2) is 66.7 Å². The van der Waals surface area contributed by atoms with Crippen LogP contribution in [0.3, 0.4) is 0 Å². The minimum Gasteiger partial charge on any atom is -0.440 e. The molecule has 0 N–H and O–H groups in total. The molecule has 1 amide bonds. The van der Waals surface area contributed by atoms with E-state index in [-0.39, 0.29) is 18.5 Å². The second-order valence-corrected chi connectivity index (χ2v) is 10.5. The number of hydrogen-bond acceptors (Lipinski definition) is 2. The van der Waals surface area contributed by atoms with E-state index in [1.54, 1.807) is 6.07 Å². The molecule has 1 atom stereocenters. The van der Waals surface area contributed by atoms with Crippen molar-refractivity contribution in [3.63, 3.8) is 0 Å². The van der Waals surface area contributed by atoms with Gasteiger partial charge in [0, 0.05) is 30.9 Å². The van der Waals surface area contributed by atoms with Gasteiger partial charge in [-0.2, -0.15) is 0 Å². The van der Waals surface area contributed by atoms with Crippen molar-refractivity contribution in [2.24, 2.45) is 5.92 Å². The molecule has 3 saturated heterocycles. The average Bonchev–Trinajstić information content (AvgIpc) is 2.89. The van der Waals surface area contributed by atoms with Crippen molar-refractivity contribution in [3.05, 3.63) is 101 Å². The molecule has 0 radical (unpaired) electrons. The lowest BCUT2D eigenvalue weighted by atomic mass is 9.83. The first-order valence-electron chi connectivity index (χ1n) is 12.9. The largest absolute Gasteiger partial charge is 0.440 e. The van der Waals surface area contributed by atoms with E-state index in [2.05, 4.69) is 0 Å².